The summed E-state index contributed by atoms with van der Waals surface area (Å²) in [6.45, 7) is 0. The molecule has 0 atom stereocenters. The Hall–Kier alpha value is -1.74. The van der Waals surface area contributed by atoms with Gasteiger partial charge in [-0.3, -0.25) is 0 Å². The van der Waals surface area contributed by atoms with Gasteiger partial charge in [0.2, 0.25) is 0 Å². The lowest BCUT2D eigenvalue weighted by Gasteiger charge is -2.19. The number of thioether (sulfide) groups is 1. The minimum atomic E-state index is -0.232. The highest BCUT2D eigenvalue weighted by atomic mass is 32.2. The van der Waals surface area contributed by atoms with Crippen LogP contribution in [-0.4, -0.2) is 0 Å². The monoisotopic (exact) mass is 272 g/mol. The number of rotatable bonds is 2. The Labute approximate surface area is 116 Å². The van der Waals surface area contributed by atoms with Gasteiger partial charge < -0.3 is 4.74 Å². The van der Waals surface area contributed by atoms with Crippen LogP contribution in [0, 0.1) is 5.82 Å². The maximum Gasteiger partial charge on any atom is 0.147 e. The summed E-state index contributed by atoms with van der Waals surface area (Å²) in [5.74, 6) is 0.582. The van der Waals surface area contributed by atoms with Gasteiger partial charge in [0.1, 0.15) is 11.6 Å². The maximum atomic E-state index is 13.0. The molecule has 96 valence electrons. The summed E-state index contributed by atoms with van der Waals surface area (Å²) < 4.78 is 18.7. The number of benzene rings is 1. The summed E-state index contributed by atoms with van der Waals surface area (Å²) in [6, 6.07) is 6.43. The van der Waals surface area contributed by atoms with Crippen LogP contribution in [0.25, 0.3) is 5.76 Å². The predicted molar refractivity (Wildman–Crippen MR) is 77.6 cm³/mol. The number of ether oxygens (including phenoxy) is 1. The molecule has 0 saturated heterocycles. The zero-order valence-corrected chi connectivity index (χ0v) is 11.1. The third kappa shape index (κ3) is 2.66. The highest BCUT2D eigenvalue weighted by Gasteiger charge is 2.18. The number of allylic oxidation sites excluding steroid dienone is 4. The van der Waals surface area contributed by atoms with Crippen LogP contribution < -0.4 is 0 Å². The molecule has 0 bridgehead atoms. The minimum absolute atomic E-state index is 0.232. The highest BCUT2D eigenvalue weighted by Crippen LogP contribution is 2.39. The van der Waals surface area contributed by atoms with E-state index in [1.165, 1.54) is 17.7 Å². The molecule has 0 unspecified atom stereocenters. The molecule has 0 radical (unpaired) electrons. The molecule has 0 aromatic heterocycles. The van der Waals surface area contributed by atoms with E-state index >= 15 is 0 Å². The van der Waals surface area contributed by atoms with Crippen molar-refractivity contribution in [3.8, 4) is 0 Å². The van der Waals surface area contributed by atoms with Crippen LogP contribution in [0.15, 0.2) is 64.6 Å². The lowest BCUT2D eigenvalue weighted by Crippen LogP contribution is -1.99. The largest absolute Gasteiger partial charge is 0.463 e. The first-order valence-electron chi connectivity index (χ1n) is 6.19. The zero-order chi connectivity index (χ0) is 13.1. The summed E-state index contributed by atoms with van der Waals surface area (Å²) in [7, 11) is 0. The fourth-order valence-electron chi connectivity index (χ4n) is 2.11. The number of hydrogen-bond acceptors (Lipinski definition) is 2. The average Bonchev–Trinajstić information content (AvgIpc) is 2.49. The Morgan fingerprint density at radius 1 is 1.16 bits per heavy atom. The van der Waals surface area contributed by atoms with Crippen molar-refractivity contribution in [1.82, 2.24) is 0 Å². The van der Waals surface area contributed by atoms with Gasteiger partial charge in [-0.25, -0.2) is 4.39 Å². The van der Waals surface area contributed by atoms with Crippen LogP contribution in [0.2, 0.25) is 0 Å². The molecule has 0 spiro atoms. The summed E-state index contributed by atoms with van der Waals surface area (Å²) in [4.78, 5) is 1.12. The molecule has 0 N–H and O–H groups in total. The molecule has 3 rings (SSSR count). The molecule has 2 aliphatic rings. The first-order valence-corrected chi connectivity index (χ1v) is 7.07. The first-order chi connectivity index (χ1) is 9.34. The standard InChI is InChI=1S/C16H13FOS/c17-14-8-6-12(7-9-14)15-16(19-11-10-18-15)13-4-2-1-3-5-13/h1-2,4,6-11H,3,5H2. The van der Waals surface area contributed by atoms with Gasteiger partial charge in [0.25, 0.3) is 0 Å². The second kappa shape index (κ2) is 5.49. The van der Waals surface area contributed by atoms with E-state index in [9.17, 15) is 4.39 Å². The van der Waals surface area contributed by atoms with Crippen molar-refractivity contribution < 1.29 is 9.13 Å². The lowest BCUT2D eigenvalue weighted by molar-refractivity contribution is 0.435. The van der Waals surface area contributed by atoms with E-state index in [1.807, 2.05) is 5.41 Å². The van der Waals surface area contributed by atoms with E-state index in [4.69, 9.17) is 4.74 Å². The van der Waals surface area contributed by atoms with E-state index in [2.05, 4.69) is 18.2 Å². The van der Waals surface area contributed by atoms with Crippen LogP contribution >= 0.6 is 11.8 Å². The van der Waals surface area contributed by atoms with Crippen LogP contribution in [0.3, 0.4) is 0 Å². The average molecular weight is 272 g/mol. The second-order valence-corrected chi connectivity index (χ2v) is 5.25. The van der Waals surface area contributed by atoms with E-state index < -0.39 is 0 Å². The van der Waals surface area contributed by atoms with Crippen LogP contribution in [0.5, 0.6) is 0 Å². The van der Waals surface area contributed by atoms with E-state index in [0.717, 1.165) is 29.1 Å². The summed E-state index contributed by atoms with van der Waals surface area (Å²) in [6.07, 6.45) is 10.1. The normalized spacial score (nSPS) is 18.3. The fourth-order valence-corrected chi connectivity index (χ4v) is 2.95. The molecule has 1 aromatic rings. The van der Waals surface area contributed by atoms with Gasteiger partial charge in [-0.1, -0.05) is 30.0 Å². The Morgan fingerprint density at radius 2 is 2.00 bits per heavy atom. The molecule has 1 aromatic carbocycles. The van der Waals surface area contributed by atoms with Gasteiger partial charge in [0.05, 0.1) is 11.2 Å². The van der Waals surface area contributed by atoms with Crippen molar-refractivity contribution in [2.45, 2.75) is 12.8 Å². The molecule has 0 saturated carbocycles. The van der Waals surface area contributed by atoms with Crippen molar-refractivity contribution in [1.29, 1.82) is 0 Å². The summed E-state index contributed by atoms with van der Waals surface area (Å²) in [5.41, 5.74) is 2.18. The SMILES string of the molecule is Fc1ccc(C2=C(C3=CC=CCC3)SC=CO2)cc1. The van der Waals surface area contributed by atoms with Crippen molar-refractivity contribution in [3.05, 3.63) is 76.0 Å². The van der Waals surface area contributed by atoms with Crippen molar-refractivity contribution in [3.63, 3.8) is 0 Å². The molecular formula is C16H13FOS. The summed E-state index contributed by atoms with van der Waals surface area (Å²) >= 11 is 1.66. The molecular weight excluding hydrogens is 259 g/mol. The quantitative estimate of drug-likeness (QED) is 0.748. The fraction of sp³-hybridized carbons (Fsp3) is 0.125. The van der Waals surface area contributed by atoms with Gasteiger partial charge in [0.15, 0.2) is 0 Å². The van der Waals surface area contributed by atoms with Crippen LogP contribution in [0.1, 0.15) is 18.4 Å². The number of hydrogen-bond donors (Lipinski definition) is 0. The van der Waals surface area contributed by atoms with Gasteiger partial charge >= 0.3 is 0 Å². The topological polar surface area (TPSA) is 9.23 Å². The summed E-state index contributed by atoms with van der Waals surface area (Å²) in [5, 5.41) is 1.93. The van der Waals surface area contributed by atoms with E-state index in [0.29, 0.717) is 0 Å². The molecule has 1 heterocycles. The smallest absolute Gasteiger partial charge is 0.147 e. The molecule has 1 aliphatic heterocycles. The van der Waals surface area contributed by atoms with Gasteiger partial charge in [-0.15, -0.1) is 0 Å². The van der Waals surface area contributed by atoms with E-state index in [-0.39, 0.29) is 5.82 Å². The van der Waals surface area contributed by atoms with Crippen molar-refractivity contribution in [2.24, 2.45) is 0 Å². The van der Waals surface area contributed by atoms with Gasteiger partial charge in [-0.2, -0.15) is 0 Å². The molecule has 19 heavy (non-hydrogen) atoms. The van der Waals surface area contributed by atoms with E-state index in [1.54, 1.807) is 30.2 Å². The van der Waals surface area contributed by atoms with Crippen LogP contribution in [0.4, 0.5) is 4.39 Å². The Balaban J connectivity index is 2.03. The molecule has 1 aliphatic carbocycles. The Morgan fingerprint density at radius 3 is 2.74 bits per heavy atom. The van der Waals surface area contributed by atoms with Crippen molar-refractivity contribution >= 4 is 17.5 Å². The highest BCUT2D eigenvalue weighted by molar-refractivity contribution is 8.06. The maximum absolute atomic E-state index is 13.0. The molecule has 0 amide bonds. The van der Waals surface area contributed by atoms with Crippen molar-refractivity contribution in [2.75, 3.05) is 0 Å². The first kappa shape index (κ1) is 12.3. The predicted octanol–water partition coefficient (Wildman–Crippen LogP) is 5.01. The molecule has 3 heteroatoms. The van der Waals surface area contributed by atoms with Crippen LogP contribution in [-0.2, 0) is 4.74 Å². The third-order valence-corrected chi connectivity index (χ3v) is 3.98. The lowest BCUT2D eigenvalue weighted by atomic mass is 10.0. The number of halogens is 1. The molecule has 1 nitrogen and oxygen atoms in total. The Kier molecular flexibility index (Phi) is 3.56. The molecule has 0 fully saturated rings. The Bertz CT molecular complexity index is 594. The van der Waals surface area contributed by atoms with Gasteiger partial charge in [0, 0.05) is 11.0 Å². The second-order valence-electron chi connectivity index (χ2n) is 4.33. The minimum Gasteiger partial charge on any atom is -0.463 e. The zero-order valence-electron chi connectivity index (χ0n) is 10.3. The van der Waals surface area contributed by atoms with Gasteiger partial charge in [-0.05, 0) is 42.7 Å². The third-order valence-electron chi connectivity index (χ3n) is 3.05.